The van der Waals surface area contributed by atoms with Crippen LogP contribution in [-0.2, 0) is 33.3 Å². The number of ether oxygens (including phenoxy) is 11. The Kier molecular flexibility index (Phi) is 19.5. The summed E-state index contributed by atoms with van der Waals surface area (Å²) in [7, 11) is 5.12. The van der Waals surface area contributed by atoms with Crippen LogP contribution in [0.25, 0.3) is 34.4 Å². The van der Waals surface area contributed by atoms with E-state index in [0.717, 1.165) is 24.3 Å². The summed E-state index contributed by atoms with van der Waals surface area (Å²) in [5.41, 5.74) is -1.26. The summed E-state index contributed by atoms with van der Waals surface area (Å²) in [6.45, 7) is -2.48. The maximum atomic E-state index is 14.1. The molecule has 0 radical (unpaired) electrons. The van der Waals surface area contributed by atoms with Gasteiger partial charge in [-0.15, -0.1) is 0 Å². The maximum absolute atomic E-state index is 14.1. The zero-order valence-electron chi connectivity index (χ0n) is 44.3. The molecule has 28 nitrogen and oxygen atoms in total. The molecule has 8 rings (SSSR count). The average molecular weight is 1170 g/mol. The van der Waals surface area contributed by atoms with Crippen molar-refractivity contribution in [2.75, 3.05) is 48.3 Å². The summed E-state index contributed by atoms with van der Waals surface area (Å²) in [5, 5.41) is 139. The fourth-order valence-corrected chi connectivity index (χ4v) is 9.29. The minimum atomic E-state index is -2.19. The lowest BCUT2D eigenvalue weighted by Gasteiger charge is -2.43. The molecule has 0 amide bonds. The average Bonchev–Trinajstić information content (AvgIpc) is 3.63. The molecule has 3 fully saturated rings. The molecule has 0 bridgehead atoms. The number of methoxy groups -OCH3 is 4. The van der Waals surface area contributed by atoms with E-state index in [4.69, 9.17) is 56.5 Å². The number of benzene rings is 4. The highest BCUT2D eigenvalue weighted by molar-refractivity contribution is 5.93. The monoisotopic (exact) mass is 1170 g/mol. The van der Waals surface area contributed by atoms with E-state index in [2.05, 4.69) is 0 Å². The number of fused-ring (bicyclic) bond motifs is 1. The number of carbonyl (C=O) groups is 2. The first-order valence-corrected chi connectivity index (χ1v) is 25.2. The van der Waals surface area contributed by atoms with Crippen molar-refractivity contribution in [1.82, 2.24) is 0 Å². The third-order valence-electron chi connectivity index (χ3n) is 13.8. The van der Waals surface area contributed by atoms with E-state index in [1.807, 2.05) is 0 Å². The van der Waals surface area contributed by atoms with E-state index < -0.39 is 157 Å². The number of aliphatic hydroxyl groups is 10. The van der Waals surface area contributed by atoms with Gasteiger partial charge in [-0.25, -0.2) is 9.59 Å². The minimum Gasteiger partial charge on any atom is -0.506 e. The van der Waals surface area contributed by atoms with Gasteiger partial charge in [0.25, 0.3) is 0 Å². The van der Waals surface area contributed by atoms with Crippen molar-refractivity contribution in [3.8, 4) is 63.1 Å². The summed E-state index contributed by atoms with van der Waals surface area (Å²) in [6, 6.07) is 12.9. The molecule has 13 N–H and O–H groups in total. The second kappa shape index (κ2) is 26.3. The van der Waals surface area contributed by atoms with E-state index in [0.29, 0.717) is 0 Å². The minimum absolute atomic E-state index is 0.00360. The molecule has 83 heavy (non-hydrogen) atoms. The molecule has 0 saturated carbocycles. The topological polar surface area (TPSA) is 429 Å². The lowest BCUT2D eigenvalue weighted by molar-refractivity contribution is -0.316. The number of rotatable bonds is 19. The summed E-state index contributed by atoms with van der Waals surface area (Å²) in [6.07, 6.45) is -23.0. The number of carbonyl (C=O) groups excluding carboxylic acids is 2. The maximum Gasteiger partial charge on any atom is 0.336 e. The van der Waals surface area contributed by atoms with Crippen molar-refractivity contribution >= 4 is 35.1 Å². The Morgan fingerprint density at radius 3 is 1.60 bits per heavy atom. The van der Waals surface area contributed by atoms with Crippen molar-refractivity contribution in [2.45, 2.75) is 91.9 Å². The molecular weight excluding hydrogens is 1110 g/mol. The largest absolute Gasteiger partial charge is 0.506 e. The van der Waals surface area contributed by atoms with Crippen molar-refractivity contribution in [1.29, 1.82) is 0 Å². The fourth-order valence-electron chi connectivity index (χ4n) is 9.29. The zero-order valence-corrected chi connectivity index (χ0v) is 44.3. The first-order valence-electron chi connectivity index (χ1n) is 25.2. The number of esters is 2. The Morgan fingerprint density at radius 1 is 0.554 bits per heavy atom. The summed E-state index contributed by atoms with van der Waals surface area (Å²) in [4.78, 5) is 41.1. The Bertz CT molecular complexity index is 3180. The predicted molar refractivity (Wildman–Crippen MR) is 279 cm³/mol. The molecule has 3 aliphatic heterocycles. The molecule has 5 aromatic rings. The molecule has 448 valence electrons. The van der Waals surface area contributed by atoms with Gasteiger partial charge in [-0.3, -0.25) is 4.79 Å². The number of hydrogen-bond donors (Lipinski definition) is 13. The highest BCUT2D eigenvalue weighted by Crippen LogP contribution is 2.46. The lowest BCUT2D eigenvalue weighted by atomic mass is 9.89. The molecule has 15 atom stereocenters. The van der Waals surface area contributed by atoms with Crippen LogP contribution in [0.5, 0.6) is 51.7 Å². The van der Waals surface area contributed by atoms with E-state index in [9.17, 15) is 80.8 Å². The van der Waals surface area contributed by atoms with Gasteiger partial charge < -0.3 is 123 Å². The second-order valence-electron chi connectivity index (χ2n) is 19.0. The number of phenolic OH excluding ortho intramolecular Hbond substituents is 3. The first kappa shape index (κ1) is 61.4. The van der Waals surface area contributed by atoms with Gasteiger partial charge in [-0.1, -0.05) is 0 Å². The van der Waals surface area contributed by atoms with Gasteiger partial charge in [0.2, 0.25) is 17.8 Å². The zero-order chi connectivity index (χ0) is 60.1. The van der Waals surface area contributed by atoms with Crippen LogP contribution < -0.4 is 33.8 Å². The van der Waals surface area contributed by atoms with Crippen LogP contribution in [0.15, 0.2) is 82.0 Å². The van der Waals surface area contributed by atoms with Gasteiger partial charge in [0.05, 0.1) is 53.8 Å². The molecule has 0 aliphatic carbocycles. The number of aliphatic hydroxyl groups excluding tert-OH is 10. The van der Waals surface area contributed by atoms with Crippen LogP contribution in [0.3, 0.4) is 0 Å². The van der Waals surface area contributed by atoms with Crippen LogP contribution >= 0.6 is 0 Å². The molecule has 4 heterocycles. The van der Waals surface area contributed by atoms with E-state index in [1.165, 1.54) is 89.1 Å². The van der Waals surface area contributed by atoms with Crippen LogP contribution in [0.1, 0.15) is 22.8 Å². The lowest BCUT2D eigenvalue weighted by Crippen LogP contribution is -2.61. The van der Waals surface area contributed by atoms with Crippen molar-refractivity contribution in [2.24, 2.45) is 0 Å². The van der Waals surface area contributed by atoms with Gasteiger partial charge in [0.1, 0.15) is 107 Å². The van der Waals surface area contributed by atoms with Crippen molar-refractivity contribution < 1.29 is 132 Å². The number of phenols is 3. The van der Waals surface area contributed by atoms with Crippen LogP contribution in [0, 0.1) is 0 Å². The van der Waals surface area contributed by atoms with Gasteiger partial charge in [-0.2, -0.15) is 0 Å². The van der Waals surface area contributed by atoms with Gasteiger partial charge >= 0.3 is 11.9 Å². The second-order valence-corrected chi connectivity index (χ2v) is 19.0. The van der Waals surface area contributed by atoms with Crippen molar-refractivity contribution in [3.63, 3.8) is 0 Å². The van der Waals surface area contributed by atoms with Crippen LogP contribution in [0.2, 0.25) is 0 Å². The summed E-state index contributed by atoms with van der Waals surface area (Å²) >= 11 is 0. The molecule has 4 aromatic carbocycles. The third-order valence-corrected chi connectivity index (χ3v) is 13.8. The molecule has 0 unspecified atom stereocenters. The molecular formula is C55H60O28. The smallest absolute Gasteiger partial charge is 0.336 e. The summed E-state index contributed by atoms with van der Waals surface area (Å²) in [5.74, 6) is -4.79. The molecule has 3 saturated heterocycles. The van der Waals surface area contributed by atoms with E-state index in [-0.39, 0.29) is 62.7 Å². The van der Waals surface area contributed by atoms with Gasteiger partial charge in [0.15, 0.2) is 40.8 Å². The number of aromatic hydroxyl groups is 3. The third kappa shape index (κ3) is 13.0. The SMILES string of the molecule is COc1cc(C=CC(=O)Oc2cc3oc(-c4ccc(O[C@@H]5O[C@H](CO)[C@@H](O)[C@H](O)[C@H]5O)cc4)cc(=O)c3c(O)c2[C@@H]2O[C@H](CO[C@@H]3O[C@H](CO)[C@@H](O)[C@H](O)[C@H]3OC(=O)C=Cc3cc(OC)c(O)c(OC)c3)[C@@H](O)[C@H](O)[C@H]2O)cc(OC)c1O. The predicted octanol–water partition coefficient (Wildman–Crippen LogP) is -0.988. The highest BCUT2D eigenvalue weighted by Gasteiger charge is 2.51. The van der Waals surface area contributed by atoms with Crippen LogP contribution in [-0.4, -0.2) is 212 Å². The Balaban J connectivity index is 1.10. The highest BCUT2D eigenvalue weighted by atomic mass is 16.7. The van der Waals surface area contributed by atoms with E-state index >= 15 is 0 Å². The van der Waals surface area contributed by atoms with Gasteiger partial charge in [0, 0.05) is 29.8 Å². The first-order chi connectivity index (χ1) is 39.6. The molecule has 28 heteroatoms. The van der Waals surface area contributed by atoms with Crippen molar-refractivity contribution in [3.05, 3.63) is 99.7 Å². The molecule has 3 aliphatic rings. The Labute approximate surface area is 469 Å². The van der Waals surface area contributed by atoms with E-state index in [1.54, 1.807) is 0 Å². The quantitative estimate of drug-likeness (QED) is 0.0268. The number of hydrogen-bond acceptors (Lipinski definition) is 28. The summed E-state index contributed by atoms with van der Waals surface area (Å²) < 4.78 is 66.6. The molecule has 1 aromatic heterocycles. The Hall–Kier alpha value is -7.65. The standard InChI is InChI=1S/C55H60O28/c1-72-30-13-22(14-31(73-2)41(30)61)5-11-37(59)79-29-18-28-39(26(58)17-27(78-28)24-7-9-25(10-8-24)77-54-51(71)48(68)43(63)34(19-56)81-54)46(66)40(29)52-50(70)47(67)45(65)36(80-52)21-76-55-53(49(69)44(64)35(20-57)82-55)83-38(60)12-6-23-15-32(74-3)42(62)33(16-23)75-4/h5-18,34-36,43-45,47-57,61-71H,19-21H2,1-4H3/t34-,35-,36-,43-,44-,45-,47+,48+,49+,50-,51-,52+,53-,54-,55-/m1/s1. The van der Waals surface area contributed by atoms with Crippen LogP contribution in [0.4, 0.5) is 0 Å². The fraction of sp³-hybridized carbons (Fsp3) is 0.400. The normalized spacial score (nSPS) is 28.2. The Morgan fingerprint density at radius 2 is 1.06 bits per heavy atom. The van der Waals surface area contributed by atoms with Gasteiger partial charge in [-0.05, 0) is 71.8 Å². The molecule has 0 spiro atoms.